The normalized spacial score (nSPS) is 11.3. The number of rotatable bonds is 8. The first-order valence-corrected chi connectivity index (χ1v) is 16.3. The van der Waals surface area contributed by atoms with Gasteiger partial charge in [0.2, 0.25) is 0 Å². The zero-order chi connectivity index (χ0) is 37.7. The summed E-state index contributed by atoms with van der Waals surface area (Å²) < 4.78 is 35.7. The molecule has 0 unspecified atom stereocenters. The van der Waals surface area contributed by atoms with Crippen LogP contribution in [0.5, 0.6) is 11.5 Å². The molecule has 0 saturated carbocycles. The van der Waals surface area contributed by atoms with Gasteiger partial charge in [-0.15, -0.1) is 21.6 Å². The fourth-order valence-electron chi connectivity index (χ4n) is 4.43. The van der Waals surface area contributed by atoms with Crippen LogP contribution in [0.25, 0.3) is 11.4 Å². The topological polar surface area (TPSA) is 268 Å². The van der Waals surface area contributed by atoms with Crippen molar-refractivity contribution in [2.24, 2.45) is 20.5 Å². The molecule has 0 N–H and O–H groups in total. The van der Waals surface area contributed by atoms with Crippen LogP contribution in [0.1, 0.15) is 14.2 Å². The third-order valence-electron chi connectivity index (χ3n) is 6.91. The third kappa shape index (κ3) is 9.02. The first-order valence-electron chi connectivity index (χ1n) is 14.5. The van der Waals surface area contributed by atoms with Crippen LogP contribution in [0.4, 0.5) is 28.4 Å². The number of nitrogens with zero attached hydrogens (tertiary/aromatic N) is 9. The van der Waals surface area contributed by atoms with E-state index >= 15 is 0 Å². The number of azo groups is 2. The first kappa shape index (κ1) is 39.6. The zero-order valence-electron chi connectivity index (χ0n) is 29.1. The van der Waals surface area contributed by atoms with Crippen molar-refractivity contribution >= 4 is 50.2 Å². The van der Waals surface area contributed by atoms with Crippen molar-refractivity contribution in [2.45, 2.75) is 18.7 Å². The van der Waals surface area contributed by atoms with E-state index in [1.54, 1.807) is 61.5 Å². The molecule has 0 aliphatic rings. The minimum atomic E-state index is -5.04. The number of hydrogen-bond donors (Lipinski definition) is 0. The van der Waals surface area contributed by atoms with Gasteiger partial charge in [0, 0.05) is 28.5 Å². The molecular weight excluding hydrogens is 774 g/mol. The maximum atomic E-state index is 12.5. The SMILES string of the molecule is Cc1[n-]n(-c2ccccc2)c(=O)c1N=Nc1cc(Cl)cc(S(=O)(=O)[O-])c1[O-].Cc1[n-]n(-c2ccccc2)c(=O)c1N=Nc1cc([N+](=O)[O-])ccc1[O-].[Cr+3].[H+].[H+]. The summed E-state index contributed by atoms with van der Waals surface area (Å²) in [5.41, 5.74) is -0.570. The molecule has 2 heterocycles. The standard InChI is InChI=1S/C16H13ClN4O5S.C16H13N5O4.Cr/c1-9-14(16(23)21(20-9)11-5-3-2-4-6-11)19-18-12-7-10(17)8-13(15(12)22)27(24,25)26;1-10-15(16(23)20(19-10)11-5-3-2-4-6-11)18-17-13-9-12(21(24)25)7-8-14(13)22;/h2-8H,1H3,(H3,18,19,20,22,23,24,25,26);2-9H,1H3,(H2,17,18,19,22,23);/q;;+3/p-3. The van der Waals surface area contributed by atoms with Gasteiger partial charge in [0.1, 0.15) is 21.5 Å². The van der Waals surface area contributed by atoms with Crippen molar-refractivity contribution < 1.29 is 48.3 Å². The molecule has 0 aliphatic heterocycles. The fraction of sp³-hybridized carbons (Fsp3) is 0.0625. The summed E-state index contributed by atoms with van der Waals surface area (Å²) >= 11 is 5.73. The molecule has 0 aliphatic carbocycles. The van der Waals surface area contributed by atoms with E-state index in [0.29, 0.717) is 17.1 Å². The van der Waals surface area contributed by atoms with Crippen LogP contribution in [0.2, 0.25) is 5.02 Å². The second-order valence-electron chi connectivity index (χ2n) is 10.5. The fourth-order valence-corrected chi connectivity index (χ4v) is 5.31. The van der Waals surface area contributed by atoms with E-state index in [1.165, 1.54) is 11.6 Å². The van der Waals surface area contributed by atoms with E-state index in [4.69, 9.17) is 11.6 Å². The Morgan fingerprint density at radius 3 is 1.66 bits per heavy atom. The smallest absolute Gasteiger partial charge is 0.871 e. The van der Waals surface area contributed by atoms with Crippen molar-refractivity contribution in [2.75, 3.05) is 0 Å². The maximum absolute atomic E-state index is 12.5. The monoisotopic (exact) mass is 796 g/mol. The van der Waals surface area contributed by atoms with Crippen molar-refractivity contribution in [3.63, 3.8) is 0 Å². The molecule has 269 valence electrons. The molecule has 18 nitrogen and oxygen atoms in total. The first-order chi connectivity index (χ1) is 24.6. The van der Waals surface area contributed by atoms with E-state index in [2.05, 4.69) is 30.7 Å². The number of aryl methyl sites for hydroxylation is 2. The minimum Gasteiger partial charge on any atom is -0.871 e. The summed E-state index contributed by atoms with van der Waals surface area (Å²) in [6.45, 7) is 3.11. The molecule has 6 rings (SSSR count). The van der Waals surface area contributed by atoms with Gasteiger partial charge in [0.15, 0.2) is 0 Å². The molecule has 0 amide bonds. The number of aromatic nitrogens is 4. The Morgan fingerprint density at radius 1 is 0.736 bits per heavy atom. The number of benzene rings is 4. The maximum Gasteiger partial charge on any atom is 3.00 e. The summed E-state index contributed by atoms with van der Waals surface area (Å²) in [6.07, 6.45) is 0. The molecule has 0 bridgehead atoms. The molecule has 2 aromatic heterocycles. The van der Waals surface area contributed by atoms with E-state index in [9.17, 15) is 42.9 Å². The van der Waals surface area contributed by atoms with Crippen LogP contribution in [-0.4, -0.2) is 27.3 Å². The summed E-state index contributed by atoms with van der Waals surface area (Å²) in [5.74, 6) is -1.69. The predicted octanol–water partition coefficient (Wildman–Crippen LogP) is 4.87. The summed E-state index contributed by atoms with van der Waals surface area (Å²) in [7, 11) is -5.04. The van der Waals surface area contributed by atoms with E-state index in [0.717, 1.165) is 35.0 Å². The van der Waals surface area contributed by atoms with Gasteiger partial charge in [0.25, 0.3) is 16.8 Å². The molecule has 21 heteroatoms. The summed E-state index contributed by atoms with van der Waals surface area (Å²) in [5, 5.41) is 57.5. The molecule has 4 aromatic carbocycles. The summed E-state index contributed by atoms with van der Waals surface area (Å²) in [4.78, 5) is 34.0. The summed E-state index contributed by atoms with van der Waals surface area (Å²) in [6, 6.07) is 22.3. The van der Waals surface area contributed by atoms with E-state index in [-0.39, 0.29) is 53.7 Å². The molecule has 0 atom stereocenters. The molecule has 53 heavy (non-hydrogen) atoms. The largest absolute Gasteiger partial charge is 3.00 e. The molecule has 1 radical (unpaired) electrons. The molecule has 0 saturated heterocycles. The van der Waals surface area contributed by atoms with Gasteiger partial charge in [-0.05, 0) is 36.4 Å². The van der Waals surface area contributed by atoms with Crippen molar-refractivity contribution in [3.8, 4) is 22.9 Å². The van der Waals surface area contributed by atoms with Gasteiger partial charge in [-0.3, -0.25) is 19.7 Å². The average molecular weight is 797 g/mol. The van der Waals surface area contributed by atoms with Gasteiger partial charge in [-0.2, -0.15) is 10.2 Å². The van der Waals surface area contributed by atoms with Crippen LogP contribution in [-0.2, 0) is 27.5 Å². The Morgan fingerprint density at radius 2 is 1.21 bits per heavy atom. The number of halogens is 1. The number of non-ortho nitro benzene ring substituents is 1. The molecule has 0 spiro atoms. The second-order valence-corrected chi connectivity index (χ2v) is 12.3. The Balaban J connectivity index is 0.000000361. The van der Waals surface area contributed by atoms with Gasteiger partial charge >= 0.3 is 20.2 Å². The zero-order valence-corrected chi connectivity index (χ0v) is 29.9. The van der Waals surface area contributed by atoms with Crippen LogP contribution >= 0.6 is 11.6 Å². The van der Waals surface area contributed by atoms with Crippen LogP contribution < -0.4 is 31.5 Å². The molecule has 6 aromatic rings. The minimum absolute atomic E-state index is 0. The van der Waals surface area contributed by atoms with Crippen LogP contribution in [0.3, 0.4) is 0 Å². The molecule has 0 fully saturated rings. The Kier molecular flexibility index (Phi) is 12.3. The number of nitro groups is 1. The number of nitro benzene ring substituents is 1. The van der Waals surface area contributed by atoms with Crippen LogP contribution in [0.15, 0.2) is 126 Å². The number of hydrogen-bond acceptors (Lipinski definition) is 13. The van der Waals surface area contributed by atoms with E-state index < -0.39 is 48.2 Å². The second kappa shape index (κ2) is 16.5. The number of para-hydroxylation sites is 2. The molecular formula is C32H23ClCrN9O9S. The van der Waals surface area contributed by atoms with Gasteiger partial charge in [0.05, 0.1) is 21.2 Å². The van der Waals surface area contributed by atoms with E-state index in [1.807, 2.05) is 6.07 Å². The Labute approximate surface area is 317 Å². The average Bonchev–Trinajstić information content (AvgIpc) is 3.56. The van der Waals surface area contributed by atoms with Crippen molar-refractivity contribution in [1.82, 2.24) is 19.6 Å². The Hall–Kier alpha value is -6.17. The van der Waals surface area contributed by atoms with Crippen molar-refractivity contribution in [3.05, 3.63) is 138 Å². The third-order valence-corrected chi connectivity index (χ3v) is 7.98. The predicted molar refractivity (Wildman–Crippen MR) is 182 cm³/mol. The van der Waals surface area contributed by atoms with Gasteiger partial charge in [-0.1, -0.05) is 79.4 Å². The van der Waals surface area contributed by atoms with Crippen LogP contribution in [0, 0.1) is 24.0 Å². The Bertz CT molecular complexity index is 2600. The quantitative estimate of drug-likeness (QED) is 0.0867. The van der Waals surface area contributed by atoms with Crippen molar-refractivity contribution in [1.29, 1.82) is 0 Å². The van der Waals surface area contributed by atoms with Gasteiger partial charge in [-0.25, -0.2) is 8.42 Å². The van der Waals surface area contributed by atoms with Gasteiger partial charge < -0.3 is 34.3 Å².